The summed E-state index contributed by atoms with van der Waals surface area (Å²) in [6, 6.07) is 11.9. The second kappa shape index (κ2) is 9.28. The first-order valence-corrected chi connectivity index (χ1v) is 9.95. The molecule has 6 nitrogen and oxygen atoms in total. The number of carbonyl (C=O) groups is 2. The Bertz CT molecular complexity index is 932. The number of piperidine rings is 1. The van der Waals surface area contributed by atoms with E-state index in [0.29, 0.717) is 30.8 Å². The minimum Gasteiger partial charge on any atom is -0.376 e. The predicted octanol–water partition coefficient (Wildman–Crippen LogP) is 4.65. The van der Waals surface area contributed by atoms with Gasteiger partial charge in [-0.15, -0.1) is 0 Å². The zero-order valence-electron chi connectivity index (χ0n) is 17.4. The Kier molecular flexibility index (Phi) is 6.72. The van der Waals surface area contributed by atoms with Crippen LogP contribution >= 0.6 is 0 Å². The Labute approximate surface area is 179 Å². The molecule has 2 aromatic rings. The molecule has 0 radical (unpaired) electrons. The molecule has 1 aliphatic rings. The Balaban J connectivity index is 1.70. The van der Waals surface area contributed by atoms with Gasteiger partial charge in [0, 0.05) is 32.9 Å². The van der Waals surface area contributed by atoms with E-state index in [4.69, 9.17) is 0 Å². The van der Waals surface area contributed by atoms with Gasteiger partial charge in [-0.3, -0.25) is 4.79 Å². The van der Waals surface area contributed by atoms with Crippen LogP contribution in [0.15, 0.2) is 48.5 Å². The van der Waals surface area contributed by atoms with Crippen molar-refractivity contribution in [2.24, 2.45) is 5.92 Å². The van der Waals surface area contributed by atoms with Crippen molar-refractivity contribution in [3.63, 3.8) is 0 Å². The summed E-state index contributed by atoms with van der Waals surface area (Å²) in [6.07, 6.45) is -3.33. The molecule has 0 saturated carbocycles. The highest BCUT2D eigenvalue weighted by Crippen LogP contribution is 2.35. The molecule has 0 aromatic heterocycles. The number of para-hydroxylation sites is 1. The van der Waals surface area contributed by atoms with Gasteiger partial charge < -0.3 is 20.4 Å². The largest absolute Gasteiger partial charge is 0.416 e. The van der Waals surface area contributed by atoms with Gasteiger partial charge >= 0.3 is 12.2 Å². The van der Waals surface area contributed by atoms with Gasteiger partial charge in [-0.25, -0.2) is 4.79 Å². The molecular weight excluding hydrogens is 409 g/mol. The highest BCUT2D eigenvalue weighted by atomic mass is 19.4. The van der Waals surface area contributed by atoms with Crippen molar-refractivity contribution in [2.45, 2.75) is 19.0 Å². The zero-order chi connectivity index (χ0) is 22.6. The number of rotatable bonds is 4. The number of alkyl halides is 3. The average molecular weight is 434 g/mol. The maximum atomic E-state index is 13.1. The number of nitrogens with zero attached hydrogens (tertiary/aromatic N) is 2. The van der Waals surface area contributed by atoms with E-state index in [1.54, 1.807) is 48.2 Å². The van der Waals surface area contributed by atoms with Crippen LogP contribution in [0.25, 0.3) is 0 Å². The molecule has 166 valence electrons. The van der Waals surface area contributed by atoms with Gasteiger partial charge in [0.1, 0.15) is 0 Å². The Morgan fingerprint density at radius 1 is 1.06 bits per heavy atom. The van der Waals surface area contributed by atoms with Crippen molar-refractivity contribution in [3.8, 4) is 0 Å². The fourth-order valence-corrected chi connectivity index (χ4v) is 3.54. The second-order valence-corrected chi connectivity index (χ2v) is 7.69. The number of amides is 3. The SMILES string of the molecule is CN(C)c1ccc(C(F)(F)F)cc1NC(=O)C1CCCN(C(=O)Nc2ccccc2)C1. The first-order valence-electron chi connectivity index (χ1n) is 9.95. The van der Waals surface area contributed by atoms with E-state index in [9.17, 15) is 22.8 Å². The first-order chi connectivity index (χ1) is 14.6. The molecule has 1 fully saturated rings. The van der Waals surface area contributed by atoms with E-state index in [2.05, 4.69) is 10.6 Å². The van der Waals surface area contributed by atoms with Crippen LogP contribution in [0, 0.1) is 5.92 Å². The van der Waals surface area contributed by atoms with Crippen LogP contribution in [0.1, 0.15) is 18.4 Å². The Morgan fingerprint density at radius 2 is 1.77 bits per heavy atom. The van der Waals surface area contributed by atoms with Crippen LogP contribution in [0.4, 0.5) is 35.0 Å². The topological polar surface area (TPSA) is 64.7 Å². The minimum atomic E-state index is -4.51. The normalized spacial score (nSPS) is 16.5. The summed E-state index contributed by atoms with van der Waals surface area (Å²) in [6.45, 7) is 0.704. The molecular formula is C22H25F3N4O2. The molecule has 0 bridgehead atoms. The average Bonchev–Trinajstić information content (AvgIpc) is 2.73. The number of nitrogens with one attached hydrogen (secondary N) is 2. The van der Waals surface area contributed by atoms with Gasteiger partial charge in [0.2, 0.25) is 5.91 Å². The lowest BCUT2D eigenvalue weighted by Gasteiger charge is -2.32. The minimum absolute atomic E-state index is 0.0932. The maximum Gasteiger partial charge on any atom is 0.416 e. The van der Waals surface area contributed by atoms with Gasteiger partial charge in [-0.05, 0) is 43.2 Å². The van der Waals surface area contributed by atoms with E-state index < -0.39 is 23.6 Å². The summed E-state index contributed by atoms with van der Waals surface area (Å²) in [5.41, 5.74) is 0.381. The van der Waals surface area contributed by atoms with Crippen molar-refractivity contribution in [2.75, 3.05) is 42.7 Å². The highest BCUT2D eigenvalue weighted by Gasteiger charge is 2.33. The molecule has 2 N–H and O–H groups in total. The van der Waals surface area contributed by atoms with Crippen molar-refractivity contribution in [3.05, 3.63) is 54.1 Å². The van der Waals surface area contributed by atoms with E-state index in [0.717, 1.165) is 12.1 Å². The summed E-state index contributed by atoms with van der Waals surface area (Å²) in [5.74, 6) is -0.917. The van der Waals surface area contributed by atoms with Crippen molar-refractivity contribution < 1.29 is 22.8 Å². The number of likely N-dealkylation sites (tertiary alicyclic amines) is 1. The van der Waals surface area contributed by atoms with E-state index in [1.807, 2.05) is 6.07 Å². The van der Waals surface area contributed by atoms with Crippen LogP contribution in [-0.2, 0) is 11.0 Å². The smallest absolute Gasteiger partial charge is 0.376 e. The summed E-state index contributed by atoms with van der Waals surface area (Å²) in [5, 5.41) is 5.44. The third-order valence-corrected chi connectivity index (χ3v) is 5.17. The van der Waals surface area contributed by atoms with Crippen LogP contribution in [0.2, 0.25) is 0 Å². The fourth-order valence-electron chi connectivity index (χ4n) is 3.54. The van der Waals surface area contributed by atoms with Crippen molar-refractivity contribution in [1.29, 1.82) is 0 Å². The number of urea groups is 1. The fraction of sp³-hybridized carbons (Fsp3) is 0.364. The third kappa shape index (κ3) is 5.68. The quantitative estimate of drug-likeness (QED) is 0.736. The van der Waals surface area contributed by atoms with Crippen molar-refractivity contribution in [1.82, 2.24) is 4.90 Å². The van der Waals surface area contributed by atoms with Crippen molar-refractivity contribution >= 4 is 29.0 Å². The maximum absolute atomic E-state index is 13.1. The standard InChI is InChI=1S/C22H25F3N4O2/c1-28(2)19-11-10-16(22(23,24)25)13-18(19)27-20(30)15-7-6-12-29(14-15)21(31)26-17-8-4-3-5-9-17/h3-5,8-11,13,15H,6-7,12,14H2,1-2H3,(H,26,31)(H,27,30). The number of benzene rings is 2. The molecule has 9 heteroatoms. The molecule has 1 aliphatic heterocycles. The van der Waals surface area contributed by atoms with Gasteiger partial charge in [0.25, 0.3) is 0 Å². The first kappa shape index (κ1) is 22.5. The molecule has 3 amide bonds. The monoisotopic (exact) mass is 434 g/mol. The molecule has 3 rings (SSSR count). The highest BCUT2D eigenvalue weighted by molar-refractivity contribution is 5.97. The van der Waals surface area contributed by atoms with E-state index in [1.165, 1.54) is 6.07 Å². The Hall–Kier alpha value is -3.23. The van der Waals surface area contributed by atoms with Gasteiger partial charge in [0.05, 0.1) is 22.9 Å². The lowest BCUT2D eigenvalue weighted by atomic mass is 9.97. The molecule has 1 heterocycles. The van der Waals surface area contributed by atoms with Gasteiger partial charge in [-0.2, -0.15) is 13.2 Å². The summed E-state index contributed by atoms with van der Waals surface area (Å²) >= 11 is 0. The lowest BCUT2D eigenvalue weighted by Crippen LogP contribution is -2.45. The molecule has 2 aromatic carbocycles. The van der Waals surface area contributed by atoms with Crippen LogP contribution < -0.4 is 15.5 Å². The summed E-state index contributed by atoms with van der Waals surface area (Å²) in [4.78, 5) is 28.6. The lowest BCUT2D eigenvalue weighted by molar-refractivity contribution is -0.137. The summed E-state index contributed by atoms with van der Waals surface area (Å²) in [7, 11) is 3.38. The van der Waals surface area contributed by atoms with Crippen LogP contribution in [0.3, 0.4) is 0 Å². The number of anilines is 3. The van der Waals surface area contributed by atoms with Crippen LogP contribution in [0.5, 0.6) is 0 Å². The molecule has 0 aliphatic carbocycles. The molecule has 31 heavy (non-hydrogen) atoms. The molecule has 1 atom stereocenters. The molecule has 1 unspecified atom stereocenters. The Morgan fingerprint density at radius 3 is 2.42 bits per heavy atom. The molecule has 1 saturated heterocycles. The number of halogens is 3. The number of carbonyl (C=O) groups excluding carboxylic acids is 2. The number of hydrogen-bond donors (Lipinski definition) is 2. The third-order valence-electron chi connectivity index (χ3n) is 5.17. The predicted molar refractivity (Wildman–Crippen MR) is 114 cm³/mol. The van der Waals surface area contributed by atoms with E-state index in [-0.39, 0.29) is 18.3 Å². The zero-order valence-corrected chi connectivity index (χ0v) is 17.4. The van der Waals surface area contributed by atoms with E-state index >= 15 is 0 Å². The van der Waals surface area contributed by atoms with Crippen LogP contribution in [-0.4, -0.2) is 44.0 Å². The second-order valence-electron chi connectivity index (χ2n) is 7.69. The molecule has 0 spiro atoms. The van der Waals surface area contributed by atoms with Gasteiger partial charge in [0.15, 0.2) is 0 Å². The summed E-state index contributed by atoms with van der Waals surface area (Å²) < 4.78 is 39.4. The number of hydrogen-bond acceptors (Lipinski definition) is 3. The van der Waals surface area contributed by atoms with Gasteiger partial charge in [-0.1, -0.05) is 18.2 Å².